The maximum Gasteiger partial charge on any atom is 0.0705 e. The molecule has 1 aromatic heterocycles. The number of aliphatic hydroxyl groups excluding tert-OH is 1. The summed E-state index contributed by atoms with van der Waals surface area (Å²) in [6.07, 6.45) is 2.65. The van der Waals surface area contributed by atoms with Gasteiger partial charge in [-0.05, 0) is 56.0 Å². The van der Waals surface area contributed by atoms with Gasteiger partial charge in [-0.15, -0.1) is 0 Å². The van der Waals surface area contributed by atoms with Crippen molar-refractivity contribution in [3.8, 4) is 0 Å². The van der Waals surface area contributed by atoms with Gasteiger partial charge in [0.2, 0.25) is 0 Å². The van der Waals surface area contributed by atoms with Gasteiger partial charge < -0.3 is 10.4 Å². The molecule has 2 N–H and O–H groups in total. The number of nitrogens with one attached hydrogen (secondary N) is 1. The molecule has 1 heterocycles. The maximum atomic E-state index is 9.55. The molecule has 100 valence electrons. The van der Waals surface area contributed by atoms with E-state index in [1.54, 1.807) is 0 Å². The van der Waals surface area contributed by atoms with E-state index in [1.165, 1.54) is 12.8 Å². The lowest BCUT2D eigenvalue weighted by Crippen LogP contribution is -2.26. The fourth-order valence-electron chi connectivity index (χ4n) is 2.38. The minimum Gasteiger partial charge on any atom is -0.394 e. The molecule has 0 bridgehead atoms. The third-order valence-electron chi connectivity index (χ3n) is 3.79. The second-order valence-corrected chi connectivity index (χ2v) is 5.49. The zero-order chi connectivity index (χ0) is 13.2. The van der Waals surface area contributed by atoms with Crippen molar-refractivity contribution in [3.63, 3.8) is 0 Å². The summed E-state index contributed by atoms with van der Waals surface area (Å²) in [5, 5.41) is 14.1. The van der Waals surface area contributed by atoms with Gasteiger partial charge in [0.25, 0.3) is 0 Å². The van der Waals surface area contributed by atoms with Crippen LogP contribution < -0.4 is 5.32 Å². The number of hydrogen-bond acceptors (Lipinski definition) is 3. The Labute approximate surface area is 113 Å². The Bertz CT molecular complexity index is 578. The van der Waals surface area contributed by atoms with Crippen molar-refractivity contribution in [2.45, 2.75) is 25.8 Å². The fraction of sp³-hybridized carbons (Fsp3) is 0.438. The van der Waals surface area contributed by atoms with Crippen molar-refractivity contribution in [2.24, 2.45) is 5.92 Å². The average Bonchev–Trinajstić information content (AvgIpc) is 3.23. The highest BCUT2D eigenvalue weighted by Gasteiger charge is 2.22. The SMILES string of the molecule is Cc1ccc2cc(C(CO)NCC3CC3)ccc2n1. The van der Waals surface area contributed by atoms with E-state index in [9.17, 15) is 5.11 Å². The Morgan fingerprint density at radius 2 is 2.16 bits per heavy atom. The molecule has 1 aliphatic carbocycles. The average molecular weight is 256 g/mol. The smallest absolute Gasteiger partial charge is 0.0705 e. The molecular weight excluding hydrogens is 236 g/mol. The molecule has 1 aliphatic rings. The van der Waals surface area contributed by atoms with Crippen LogP contribution >= 0.6 is 0 Å². The van der Waals surface area contributed by atoms with Gasteiger partial charge in [-0.1, -0.05) is 12.1 Å². The van der Waals surface area contributed by atoms with Crippen LogP contribution in [-0.2, 0) is 0 Å². The number of pyridine rings is 1. The van der Waals surface area contributed by atoms with Crippen LogP contribution in [0.5, 0.6) is 0 Å². The van der Waals surface area contributed by atoms with Gasteiger partial charge in [-0.25, -0.2) is 0 Å². The van der Waals surface area contributed by atoms with Crippen LogP contribution in [-0.4, -0.2) is 23.2 Å². The van der Waals surface area contributed by atoms with E-state index in [4.69, 9.17) is 0 Å². The summed E-state index contributed by atoms with van der Waals surface area (Å²) in [4.78, 5) is 4.50. The molecular formula is C16H20N2O. The summed E-state index contributed by atoms with van der Waals surface area (Å²) in [6.45, 7) is 3.15. The number of fused-ring (bicyclic) bond motifs is 1. The number of aryl methyl sites for hydroxylation is 1. The van der Waals surface area contributed by atoms with Crippen LogP contribution in [0.1, 0.15) is 30.1 Å². The first-order chi connectivity index (χ1) is 9.26. The first-order valence-electron chi connectivity index (χ1n) is 6.98. The Kier molecular flexibility index (Phi) is 3.49. The second kappa shape index (κ2) is 5.27. The van der Waals surface area contributed by atoms with E-state index in [2.05, 4.69) is 28.5 Å². The molecule has 1 fully saturated rings. The summed E-state index contributed by atoms with van der Waals surface area (Å²) in [6, 6.07) is 10.4. The predicted molar refractivity (Wildman–Crippen MR) is 77.0 cm³/mol. The standard InChI is InChI=1S/C16H20N2O/c1-11-2-5-13-8-14(6-7-15(13)18-11)16(10-19)17-9-12-3-4-12/h2,5-8,12,16-17,19H,3-4,9-10H2,1H3. The van der Waals surface area contributed by atoms with Gasteiger partial charge in [0.05, 0.1) is 18.2 Å². The number of aromatic nitrogens is 1. The normalized spacial score (nSPS) is 16.7. The minimum atomic E-state index is 0.0336. The number of nitrogens with zero attached hydrogens (tertiary/aromatic N) is 1. The quantitative estimate of drug-likeness (QED) is 0.864. The molecule has 0 saturated heterocycles. The fourth-order valence-corrected chi connectivity index (χ4v) is 2.38. The maximum absolute atomic E-state index is 9.55. The first-order valence-corrected chi connectivity index (χ1v) is 6.98. The third-order valence-corrected chi connectivity index (χ3v) is 3.79. The molecule has 1 aromatic carbocycles. The van der Waals surface area contributed by atoms with Crippen LogP contribution in [0.25, 0.3) is 10.9 Å². The van der Waals surface area contributed by atoms with Crippen LogP contribution in [0.2, 0.25) is 0 Å². The Balaban J connectivity index is 1.83. The lowest BCUT2D eigenvalue weighted by molar-refractivity contribution is 0.243. The molecule has 0 amide bonds. The summed E-state index contributed by atoms with van der Waals surface area (Å²) in [5.41, 5.74) is 3.19. The Morgan fingerprint density at radius 3 is 2.89 bits per heavy atom. The monoisotopic (exact) mass is 256 g/mol. The molecule has 3 nitrogen and oxygen atoms in total. The van der Waals surface area contributed by atoms with Crippen molar-refractivity contribution < 1.29 is 5.11 Å². The van der Waals surface area contributed by atoms with Crippen LogP contribution in [0, 0.1) is 12.8 Å². The lowest BCUT2D eigenvalue weighted by Gasteiger charge is -2.17. The third kappa shape index (κ3) is 2.94. The first kappa shape index (κ1) is 12.6. The van der Waals surface area contributed by atoms with Gasteiger partial charge in [0, 0.05) is 11.1 Å². The van der Waals surface area contributed by atoms with Crippen molar-refractivity contribution in [2.75, 3.05) is 13.2 Å². The summed E-state index contributed by atoms with van der Waals surface area (Å²) in [7, 11) is 0. The lowest BCUT2D eigenvalue weighted by atomic mass is 10.0. The molecule has 0 spiro atoms. The molecule has 0 aliphatic heterocycles. The highest BCUT2D eigenvalue weighted by Crippen LogP contribution is 2.29. The van der Waals surface area contributed by atoms with Gasteiger partial charge in [-0.3, -0.25) is 4.98 Å². The molecule has 2 aromatic rings. The molecule has 1 atom stereocenters. The zero-order valence-corrected chi connectivity index (χ0v) is 11.3. The zero-order valence-electron chi connectivity index (χ0n) is 11.3. The number of rotatable bonds is 5. The van der Waals surface area contributed by atoms with E-state index in [0.717, 1.165) is 34.6 Å². The van der Waals surface area contributed by atoms with Crippen molar-refractivity contribution >= 4 is 10.9 Å². The Morgan fingerprint density at radius 1 is 1.32 bits per heavy atom. The highest BCUT2D eigenvalue weighted by molar-refractivity contribution is 5.79. The van der Waals surface area contributed by atoms with Crippen molar-refractivity contribution in [1.29, 1.82) is 0 Å². The molecule has 19 heavy (non-hydrogen) atoms. The van der Waals surface area contributed by atoms with Crippen LogP contribution in [0.3, 0.4) is 0 Å². The van der Waals surface area contributed by atoms with E-state index in [1.807, 2.05) is 19.1 Å². The van der Waals surface area contributed by atoms with Crippen LogP contribution in [0.4, 0.5) is 0 Å². The van der Waals surface area contributed by atoms with Crippen molar-refractivity contribution in [3.05, 3.63) is 41.6 Å². The topological polar surface area (TPSA) is 45.1 Å². The molecule has 1 unspecified atom stereocenters. The largest absolute Gasteiger partial charge is 0.394 e. The number of aliphatic hydroxyl groups is 1. The van der Waals surface area contributed by atoms with E-state index >= 15 is 0 Å². The molecule has 0 radical (unpaired) electrons. The summed E-state index contributed by atoms with van der Waals surface area (Å²) >= 11 is 0. The minimum absolute atomic E-state index is 0.0336. The Hall–Kier alpha value is -1.45. The summed E-state index contributed by atoms with van der Waals surface area (Å²) in [5.74, 6) is 0.818. The molecule has 3 heteroatoms. The summed E-state index contributed by atoms with van der Waals surface area (Å²) < 4.78 is 0. The molecule has 1 saturated carbocycles. The second-order valence-electron chi connectivity index (χ2n) is 5.49. The van der Waals surface area contributed by atoms with Crippen LogP contribution in [0.15, 0.2) is 30.3 Å². The van der Waals surface area contributed by atoms with Gasteiger partial charge >= 0.3 is 0 Å². The predicted octanol–water partition coefficient (Wildman–Crippen LogP) is 2.58. The van der Waals surface area contributed by atoms with E-state index < -0.39 is 0 Å². The van der Waals surface area contributed by atoms with Gasteiger partial charge in [-0.2, -0.15) is 0 Å². The molecule has 3 rings (SSSR count). The highest BCUT2D eigenvalue weighted by atomic mass is 16.3. The van der Waals surface area contributed by atoms with Crippen molar-refractivity contribution in [1.82, 2.24) is 10.3 Å². The van der Waals surface area contributed by atoms with Gasteiger partial charge in [0.15, 0.2) is 0 Å². The van der Waals surface area contributed by atoms with E-state index in [-0.39, 0.29) is 12.6 Å². The number of benzene rings is 1. The van der Waals surface area contributed by atoms with E-state index in [0.29, 0.717) is 0 Å². The number of hydrogen-bond donors (Lipinski definition) is 2. The van der Waals surface area contributed by atoms with Gasteiger partial charge in [0.1, 0.15) is 0 Å².